The molecule has 168 valence electrons. The summed E-state index contributed by atoms with van der Waals surface area (Å²) in [6, 6.07) is 6.74. The second-order valence-electron chi connectivity index (χ2n) is 10.4. The highest BCUT2D eigenvalue weighted by Crippen LogP contribution is 2.60. The molecule has 0 radical (unpaired) electrons. The molecule has 2 amide bonds. The van der Waals surface area contributed by atoms with Gasteiger partial charge < -0.3 is 15.4 Å². The van der Waals surface area contributed by atoms with E-state index in [4.69, 9.17) is 4.74 Å². The number of amides is 2. The monoisotopic (exact) mass is 426 g/mol. The molecular formula is C25H34N2O4. The summed E-state index contributed by atoms with van der Waals surface area (Å²) >= 11 is 0. The average Bonchev–Trinajstić information content (AvgIpc) is 2.71. The van der Waals surface area contributed by atoms with Crippen molar-refractivity contribution in [2.45, 2.75) is 65.4 Å². The molecule has 4 bridgehead atoms. The van der Waals surface area contributed by atoms with E-state index in [1.807, 2.05) is 13.8 Å². The molecular weight excluding hydrogens is 392 g/mol. The Kier molecular flexibility index (Phi) is 6.09. The van der Waals surface area contributed by atoms with Crippen molar-refractivity contribution in [3.63, 3.8) is 0 Å². The van der Waals surface area contributed by atoms with E-state index in [2.05, 4.69) is 10.6 Å². The van der Waals surface area contributed by atoms with Crippen molar-refractivity contribution in [2.75, 3.05) is 11.9 Å². The number of hydrogen-bond acceptors (Lipinski definition) is 4. The Morgan fingerprint density at radius 2 is 1.52 bits per heavy atom. The summed E-state index contributed by atoms with van der Waals surface area (Å²) in [5.74, 6) is 1.76. The molecule has 31 heavy (non-hydrogen) atoms. The highest BCUT2D eigenvalue weighted by Gasteiger charge is 2.54. The molecule has 0 heterocycles. The maximum Gasteiger partial charge on any atom is 0.338 e. The standard InChI is InChI=1S/C25H34N2O4/c1-15(2)14-26-22(28)16(3)31-23(29)20-4-6-21(7-5-20)27-24(30)25-11-17-8-18(12-25)10-19(9-17)13-25/h4-7,15-19H,8-14H2,1-3H3,(H,26,28)(H,27,30)/t16-,17?,18?,19?,25?/m1/s1. The zero-order valence-corrected chi connectivity index (χ0v) is 18.8. The number of rotatable bonds is 7. The summed E-state index contributed by atoms with van der Waals surface area (Å²) in [6.45, 7) is 6.10. The van der Waals surface area contributed by atoms with Gasteiger partial charge >= 0.3 is 5.97 Å². The maximum atomic E-state index is 13.2. The van der Waals surface area contributed by atoms with Crippen molar-refractivity contribution >= 4 is 23.5 Å². The molecule has 0 unspecified atom stereocenters. The molecule has 0 spiro atoms. The maximum absolute atomic E-state index is 13.2. The van der Waals surface area contributed by atoms with Gasteiger partial charge in [0.1, 0.15) is 0 Å². The normalized spacial score (nSPS) is 29.5. The Labute approximate surface area is 184 Å². The Morgan fingerprint density at radius 3 is 2.03 bits per heavy atom. The predicted octanol–water partition coefficient (Wildman–Crippen LogP) is 4.16. The molecule has 1 aromatic carbocycles. The third kappa shape index (κ3) is 4.78. The van der Waals surface area contributed by atoms with Gasteiger partial charge in [-0.25, -0.2) is 4.79 Å². The van der Waals surface area contributed by atoms with E-state index in [0.29, 0.717) is 41.5 Å². The number of ether oxygens (including phenoxy) is 1. The highest BCUT2D eigenvalue weighted by molar-refractivity contribution is 5.97. The third-order valence-corrected chi connectivity index (χ3v) is 7.24. The number of benzene rings is 1. The number of carbonyl (C=O) groups excluding carboxylic acids is 3. The van der Waals surface area contributed by atoms with Crippen LogP contribution in [0.1, 0.15) is 69.7 Å². The summed E-state index contributed by atoms with van der Waals surface area (Å²) in [5.41, 5.74) is 0.849. The Bertz CT molecular complexity index is 810. The summed E-state index contributed by atoms with van der Waals surface area (Å²) in [5, 5.41) is 5.86. The fourth-order valence-corrected chi connectivity index (χ4v) is 6.07. The van der Waals surface area contributed by atoms with Gasteiger partial charge in [0.25, 0.3) is 5.91 Å². The van der Waals surface area contributed by atoms with Crippen LogP contribution in [0.5, 0.6) is 0 Å². The lowest BCUT2D eigenvalue weighted by Crippen LogP contribution is -2.51. The molecule has 4 aliphatic carbocycles. The minimum atomic E-state index is -0.860. The van der Waals surface area contributed by atoms with E-state index >= 15 is 0 Å². The lowest BCUT2D eigenvalue weighted by molar-refractivity contribution is -0.140. The minimum absolute atomic E-state index is 0.136. The van der Waals surface area contributed by atoms with Gasteiger partial charge in [-0.2, -0.15) is 0 Å². The van der Waals surface area contributed by atoms with Crippen LogP contribution < -0.4 is 10.6 Å². The molecule has 1 atom stereocenters. The summed E-state index contributed by atoms with van der Waals surface area (Å²) < 4.78 is 5.28. The van der Waals surface area contributed by atoms with E-state index in [1.165, 1.54) is 19.3 Å². The van der Waals surface area contributed by atoms with Crippen LogP contribution in [0.2, 0.25) is 0 Å². The number of esters is 1. The van der Waals surface area contributed by atoms with Gasteiger partial charge in [0, 0.05) is 12.2 Å². The van der Waals surface area contributed by atoms with Crippen molar-refractivity contribution in [1.29, 1.82) is 0 Å². The molecule has 1 aromatic rings. The second-order valence-corrected chi connectivity index (χ2v) is 10.4. The number of anilines is 1. The Balaban J connectivity index is 1.32. The first-order chi connectivity index (χ1) is 14.7. The third-order valence-electron chi connectivity index (χ3n) is 7.24. The van der Waals surface area contributed by atoms with Crippen LogP contribution >= 0.6 is 0 Å². The molecule has 6 nitrogen and oxygen atoms in total. The van der Waals surface area contributed by atoms with Gasteiger partial charge in [0.15, 0.2) is 6.10 Å². The first-order valence-corrected chi connectivity index (χ1v) is 11.6. The zero-order valence-electron chi connectivity index (χ0n) is 18.8. The van der Waals surface area contributed by atoms with Gasteiger partial charge in [0.2, 0.25) is 5.91 Å². The highest BCUT2D eigenvalue weighted by atomic mass is 16.5. The van der Waals surface area contributed by atoms with Gasteiger partial charge in [-0.3, -0.25) is 9.59 Å². The fraction of sp³-hybridized carbons (Fsp3) is 0.640. The van der Waals surface area contributed by atoms with Gasteiger partial charge in [-0.15, -0.1) is 0 Å². The van der Waals surface area contributed by atoms with Crippen molar-refractivity contribution in [2.24, 2.45) is 29.1 Å². The molecule has 6 heteroatoms. The molecule has 4 aliphatic rings. The van der Waals surface area contributed by atoms with Crippen molar-refractivity contribution in [3.8, 4) is 0 Å². The van der Waals surface area contributed by atoms with Crippen LogP contribution in [0.4, 0.5) is 5.69 Å². The minimum Gasteiger partial charge on any atom is -0.449 e. The molecule has 0 aromatic heterocycles. The number of nitrogens with one attached hydrogen (secondary N) is 2. The quantitative estimate of drug-likeness (QED) is 0.641. The smallest absolute Gasteiger partial charge is 0.338 e. The molecule has 2 N–H and O–H groups in total. The summed E-state index contributed by atoms with van der Waals surface area (Å²) in [4.78, 5) is 37.6. The number of hydrogen-bond donors (Lipinski definition) is 2. The van der Waals surface area contributed by atoms with Crippen molar-refractivity contribution in [1.82, 2.24) is 5.32 Å². The topological polar surface area (TPSA) is 84.5 Å². The first kappa shape index (κ1) is 21.8. The average molecular weight is 427 g/mol. The van der Waals surface area contributed by atoms with Crippen molar-refractivity contribution < 1.29 is 19.1 Å². The van der Waals surface area contributed by atoms with E-state index in [-0.39, 0.29) is 17.2 Å². The van der Waals surface area contributed by atoms with Gasteiger partial charge in [-0.1, -0.05) is 13.8 Å². The van der Waals surface area contributed by atoms with Crippen LogP contribution in [0.3, 0.4) is 0 Å². The molecule has 0 aliphatic heterocycles. The van der Waals surface area contributed by atoms with Gasteiger partial charge in [-0.05, 0) is 93.4 Å². The second kappa shape index (κ2) is 8.64. The zero-order chi connectivity index (χ0) is 22.2. The SMILES string of the molecule is CC(C)CNC(=O)[C@@H](C)OC(=O)c1ccc(NC(=O)C23CC4CC(CC(C4)C2)C3)cc1. The van der Waals surface area contributed by atoms with Crippen LogP contribution in [0.25, 0.3) is 0 Å². The Hall–Kier alpha value is -2.37. The van der Waals surface area contributed by atoms with E-state index in [0.717, 1.165) is 19.3 Å². The van der Waals surface area contributed by atoms with Crippen LogP contribution in [0, 0.1) is 29.1 Å². The van der Waals surface area contributed by atoms with Crippen LogP contribution in [-0.2, 0) is 14.3 Å². The lowest BCUT2D eigenvalue weighted by Gasteiger charge is -2.55. The predicted molar refractivity (Wildman–Crippen MR) is 118 cm³/mol. The molecule has 5 rings (SSSR count). The summed E-state index contributed by atoms with van der Waals surface area (Å²) in [7, 11) is 0. The fourth-order valence-electron chi connectivity index (χ4n) is 6.07. The molecule has 4 fully saturated rings. The number of carbonyl (C=O) groups is 3. The lowest BCUT2D eigenvalue weighted by atomic mass is 9.49. The van der Waals surface area contributed by atoms with Crippen LogP contribution in [0.15, 0.2) is 24.3 Å². The summed E-state index contributed by atoms with van der Waals surface area (Å²) in [6.07, 6.45) is 6.11. The molecule has 0 saturated heterocycles. The van der Waals surface area contributed by atoms with E-state index in [1.54, 1.807) is 31.2 Å². The van der Waals surface area contributed by atoms with E-state index < -0.39 is 12.1 Å². The van der Waals surface area contributed by atoms with E-state index in [9.17, 15) is 14.4 Å². The Morgan fingerprint density at radius 1 is 0.968 bits per heavy atom. The molecule has 4 saturated carbocycles. The van der Waals surface area contributed by atoms with Crippen molar-refractivity contribution in [3.05, 3.63) is 29.8 Å². The first-order valence-electron chi connectivity index (χ1n) is 11.6. The largest absolute Gasteiger partial charge is 0.449 e. The van der Waals surface area contributed by atoms with Crippen LogP contribution in [-0.4, -0.2) is 30.4 Å². The van der Waals surface area contributed by atoms with Gasteiger partial charge in [0.05, 0.1) is 11.0 Å².